The summed E-state index contributed by atoms with van der Waals surface area (Å²) >= 11 is 0. The van der Waals surface area contributed by atoms with Crippen LogP contribution in [-0.2, 0) is 6.54 Å². The number of aliphatic hydroxyl groups excluding tert-OH is 2. The number of nitrogens with zero attached hydrogens (tertiary/aromatic N) is 1. The van der Waals surface area contributed by atoms with Gasteiger partial charge in [0.15, 0.2) is 0 Å². The fourth-order valence-electron chi connectivity index (χ4n) is 1.30. The Hall–Kier alpha value is -0.840. The fourth-order valence-corrected chi connectivity index (χ4v) is 1.30. The SMILES string of the molecule is CNC(C)c1ccn(CC(O)CO)c1. The normalized spacial score (nSPS) is 15.4. The number of aromatic nitrogens is 1. The second-order valence-corrected chi connectivity index (χ2v) is 3.49. The molecule has 0 saturated heterocycles. The molecule has 1 heterocycles. The monoisotopic (exact) mass is 198 g/mol. The van der Waals surface area contributed by atoms with Crippen LogP contribution in [0.15, 0.2) is 18.5 Å². The lowest BCUT2D eigenvalue weighted by Crippen LogP contribution is -2.19. The summed E-state index contributed by atoms with van der Waals surface area (Å²) in [6.45, 7) is 2.31. The molecule has 0 fully saturated rings. The molecule has 4 nitrogen and oxygen atoms in total. The van der Waals surface area contributed by atoms with Crippen molar-refractivity contribution in [1.29, 1.82) is 0 Å². The highest BCUT2D eigenvalue weighted by Crippen LogP contribution is 2.11. The van der Waals surface area contributed by atoms with Crippen molar-refractivity contribution in [2.24, 2.45) is 0 Å². The molecule has 0 spiro atoms. The van der Waals surface area contributed by atoms with E-state index in [0.717, 1.165) is 0 Å². The van der Waals surface area contributed by atoms with Crippen LogP contribution in [0.1, 0.15) is 18.5 Å². The molecule has 0 radical (unpaired) electrons. The van der Waals surface area contributed by atoms with E-state index < -0.39 is 6.10 Å². The Morgan fingerprint density at radius 2 is 2.29 bits per heavy atom. The average molecular weight is 198 g/mol. The summed E-state index contributed by atoms with van der Waals surface area (Å²) in [5.74, 6) is 0. The van der Waals surface area contributed by atoms with E-state index in [4.69, 9.17) is 5.11 Å². The first-order valence-corrected chi connectivity index (χ1v) is 4.79. The van der Waals surface area contributed by atoms with E-state index in [9.17, 15) is 5.11 Å². The Morgan fingerprint density at radius 1 is 1.57 bits per heavy atom. The predicted molar refractivity (Wildman–Crippen MR) is 55.0 cm³/mol. The molecular formula is C10H18N2O2. The lowest BCUT2D eigenvalue weighted by atomic mass is 10.2. The van der Waals surface area contributed by atoms with Crippen molar-refractivity contribution in [2.45, 2.75) is 25.6 Å². The van der Waals surface area contributed by atoms with Crippen LogP contribution in [-0.4, -0.2) is 34.5 Å². The topological polar surface area (TPSA) is 57.4 Å². The average Bonchev–Trinajstić information content (AvgIpc) is 2.65. The number of nitrogens with one attached hydrogen (secondary N) is 1. The number of hydrogen-bond acceptors (Lipinski definition) is 3. The first kappa shape index (κ1) is 11.2. The van der Waals surface area contributed by atoms with Crippen molar-refractivity contribution in [3.05, 3.63) is 24.0 Å². The lowest BCUT2D eigenvalue weighted by molar-refractivity contribution is 0.0813. The zero-order valence-electron chi connectivity index (χ0n) is 8.64. The van der Waals surface area contributed by atoms with Gasteiger partial charge in [0.2, 0.25) is 0 Å². The molecule has 0 aliphatic heterocycles. The van der Waals surface area contributed by atoms with Gasteiger partial charge in [-0.2, -0.15) is 0 Å². The second-order valence-electron chi connectivity index (χ2n) is 3.49. The Kier molecular flexibility index (Phi) is 4.13. The maximum Gasteiger partial charge on any atom is 0.0949 e. The van der Waals surface area contributed by atoms with Crippen LogP contribution in [0.3, 0.4) is 0 Å². The summed E-state index contributed by atoms with van der Waals surface area (Å²) < 4.78 is 1.88. The zero-order valence-corrected chi connectivity index (χ0v) is 8.64. The smallest absolute Gasteiger partial charge is 0.0949 e. The highest BCUT2D eigenvalue weighted by molar-refractivity contribution is 5.14. The summed E-state index contributed by atoms with van der Waals surface area (Å²) in [4.78, 5) is 0. The van der Waals surface area contributed by atoms with E-state index in [1.807, 2.05) is 30.1 Å². The standard InChI is InChI=1S/C10H18N2O2/c1-8(11-2)9-3-4-12(5-9)6-10(14)7-13/h3-5,8,10-11,13-14H,6-7H2,1-2H3. The molecule has 2 unspecified atom stereocenters. The summed E-state index contributed by atoms with van der Waals surface area (Å²) in [6.07, 6.45) is 3.20. The highest BCUT2D eigenvalue weighted by Gasteiger charge is 2.06. The minimum absolute atomic E-state index is 0.199. The summed E-state index contributed by atoms with van der Waals surface area (Å²) in [5, 5.41) is 21.0. The third-order valence-electron chi connectivity index (χ3n) is 2.34. The van der Waals surface area contributed by atoms with Crippen molar-refractivity contribution in [2.75, 3.05) is 13.7 Å². The van der Waals surface area contributed by atoms with Gasteiger partial charge in [-0.15, -0.1) is 0 Å². The Balaban J connectivity index is 2.59. The van der Waals surface area contributed by atoms with Gasteiger partial charge in [0.25, 0.3) is 0 Å². The van der Waals surface area contributed by atoms with Gasteiger partial charge in [-0.05, 0) is 25.6 Å². The van der Waals surface area contributed by atoms with E-state index in [-0.39, 0.29) is 6.61 Å². The Morgan fingerprint density at radius 3 is 2.86 bits per heavy atom. The van der Waals surface area contributed by atoms with Crippen LogP contribution in [0.25, 0.3) is 0 Å². The molecule has 0 amide bonds. The minimum atomic E-state index is -0.680. The highest BCUT2D eigenvalue weighted by atomic mass is 16.3. The van der Waals surface area contributed by atoms with Crippen molar-refractivity contribution in [3.8, 4) is 0 Å². The van der Waals surface area contributed by atoms with Crippen LogP contribution in [0.4, 0.5) is 0 Å². The van der Waals surface area contributed by atoms with Gasteiger partial charge < -0.3 is 20.1 Å². The first-order chi connectivity index (χ1) is 6.67. The third kappa shape index (κ3) is 2.83. The van der Waals surface area contributed by atoms with E-state index >= 15 is 0 Å². The van der Waals surface area contributed by atoms with Crippen molar-refractivity contribution in [3.63, 3.8) is 0 Å². The maximum atomic E-state index is 9.23. The van der Waals surface area contributed by atoms with Gasteiger partial charge in [-0.25, -0.2) is 0 Å². The molecular weight excluding hydrogens is 180 g/mol. The maximum absolute atomic E-state index is 9.23. The van der Waals surface area contributed by atoms with Crippen molar-refractivity contribution in [1.82, 2.24) is 9.88 Å². The molecule has 0 bridgehead atoms. The third-order valence-corrected chi connectivity index (χ3v) is 2.34. The van der Waals surface area contributed by atoms with Crippen LogP contribution in [0.5, 0.6) is 0 Å². The molecule has 14 heavy (non-hydrogen) atoms. The van der Waals surface area contributed by atoms with Gasteiger partial charge in [0.1, 0.15) is 0 Å². The molecule has 0 aliphatic carbocycles. The summed E-state index contributed by atoms with van der Waals surface area (Å²) in [6, 6.07) is 2.31. The summed E-state index contributed by atoms with van der Waals surface area (Å²) in [5.41, 5.74) is 1.18. The molecule has 3 N–H and O–H groups in total. The van der Waals surface area contributed by atoms with Gasteiger partial charge in [0, 0.05) is 18.4 Å². The number of rotatable bonds is 5. The molecule has 1 rings (SSSR count). The van der Waals surface area contributed by atoms with E-state index in [2.05, 4.69) is 12.2 Å². The van der Waals surface area contributed by atoms with Crippen LogP contribution >= 0.6 is 0 Å². The van der Waals surface area contributed by atoms with Crippen LogP contribution in [0, 0.1) is 0 Å². The molecule has 0 saturated carbocycles. The van der Waals surface area contributed by atoms with Gasteiger partial charge >= 0.3 is 0 Å². The lowest BCUT2D eigenvalue weighted by Gasteiger charge is -2.09. The first-order valence-electron chi connectivity index (χ1n) is 4.79. The molecule has 2 atom stereocenters. The molecule has 0 aliphatic rings. The zero-order chi connectivity index (χ0) is 10.6. The fraction of sp³-hybridized carbons (Fsp3) is 0.600. The van der Waals surface area contributed by atoms with Crippen molar-refractivity contribution >= 4 is 0 Å². The minimum Gasteiger partial charge on any atom is -0.394 e. The second kappa shape index (κ2) is 5.14. The van der Waals surface area contributed by atoms with Gasteiger partial charge in [-0.1, -0.05) is 0 Å². The quantitative estimate of drug-likeness (QED) is 0.630. The van der Waals surface area contributed by atoms with E-state index in [1.165, 1.54) is 5.56 Å². The number of aliphatic hydroxyl groups is 2. The predicted octanol–water partition coefficient (Wildman–Crippen LogP) is 0.122. The van der Waals surface area contributed by atoms with E-state index in [0.29, 0.717) is 12.6 Å². The van der Waals surface area contributed by atoms with Gasteiger partial charge in [0.05, 0.1) is 19.3 Å². The van der Waals surface area contributed by atoms with Gasteiger partial charge in [-0.3, -0.25) is 0 Å². The van der Waals surface area contributed by atoms with Crippen LogP contribution < -0.4 is 5.32 Å². The summed E-state index contributed by atoms with van der Waals surface area (Å²) in [7, 11) is 1.91. The van der Waals surface area contributed by atoms with Crippen LogP contribution in [0.2, 0.25) is 0 Å². The largest absolute Gasteiger partial charge is 0.394 e. The van der Waals surface area contributed by atoms with E-state index in [1.54, 1.807) is 0 Å². The molecule has 1 aromatic heterocycles. The Bertz CT molecular complexity index is 273. The number of hydrogen-bond donors (Lipinski definition) is 3. The Labute approximate surface area is 84.2 Å². The molecule has 4 heteroatoms. The molecule has 1 aromatic rings. The molecule has 0 aromatic carbocycles. The molecule has 80 valence electrons. The van der Waals surface area contributed by atoms with Crippen molar-refractivity contribution < 1.29 is 10.2 Å².